The minimum absolute atomic E-state index is 0.00401. The topological polar surface area (TPSA) is 92.6 Å². The Labute approximate surface area is 191 Å². The minimum atomic E-state index is -0.827. The number of hydrogen-bond acceptors (Lipinski definition) is 7. The largest absolute Gasteiger partial charge is 0.507 e. The second-order valence-corrected chi connectivity index (χ2v) is 8.86. The lowest BCUT2D eigenvalue weighted by Gasteiger charge is -2.22. The van der Waals surface area contributed by atoms with Crippen molar-refractivity contribution in [2.75, 3.05) is 11.5 Å². The Morgan fingerprint density at radius 3 is 2.39 bits per heavy atom. The van der Waals surface area contributed by atoms with E-state index in [9.17, 15) is 14.7 Å². The van der Waals surface area contributed by atoms with Crippen molar-refractivity contribution in [2.45, 2.75) is 19.9 Å². The summed E-state index contributed by atoms with van der Waals surface area (Å²) in [5.41, 5.74) is 1.09. The van der Waals surface area contributed by atoms with Gasteiger partial charge in [0.2, 0.25) is 5.13 Å². The molecule has 1 atom stereocenters. The van der Waals surface area contributed by atoms with E-state index in [1.165, 1.54) is 16.2 Å². The molecule has 0 saturated carbocycles. The fourth-order valence-electron chi connectivity index (χ4n) is 3.40. The third-order valence-electron chi connectivity index (χ3n) is 4.79. The van der Waals surface area contributed by atoms with Crippen LogP contribution in [0.1, 0.15) is 29.1 Å². The quantitative estimate of drug-likeness (QED) is 0.312. The van der Waals surface area contributed by atoms with Gasteiger partial charge in [0.1, 0.15) is 16.5 Å². The summed E-state index contributed by atoms with van der Waals surface area (Å²) >= 11 is 4.61. The van der Waals surface area contributed by atoms with E-state index in [4.69, 9.17) is 4.74 Å². The molecule has 1 N–H and O–H groups in total. The van der Waals surface area contributed by atoms with Gasteiger partial charge in [0.25, 0.3) is 5.78 Å². The van der Waals surface area contributed by atoms with E-state index in [1.54, 1.807) is 43.3 Å². The van der Waals surface area contributed by atoms with Crippen LogP contribution < -0.4 is 9.64 Å². The first-order valence-electron chi connectivity index (χ1n) is 9.50. The van der Waals surface area contributed by atoms with Gasteiger partial charge in [0, 0.05) is 10.0 Å². The first-order valence-corrected chi connectivity index (χ1v) is 11.1. The maximum atomic E-state index is 13.0. The average molecular weight is 500 g/mol. The molecule has 2 aromatic carbocycles. The van der Waals surface area contributed by atoms with Crippen LogP contribution in [0.15, 0.2) is 58.6 Å². The molecule has 9 heteroatoms. The molecule has 3 aromatic rings. The zero-order chi connectivity index (χ0) is 22.1. The van der Waals surface area contributed by atoms with Gasteiger partial charge in [-0.3, -0.25) is 14.5 Å². The fourth-order valence-corrected chi connectivity index (χ4v) is 4.38. The van der Waals surface area contributed by atoms with Crippen molar-refractivity contribution in [1.29, 1.82) is 0 Å². The Morgan fingerprint density at radius 1 is 1.13 bits per heavy atom. The van der Waals surface area contributed by atoms with Gasteiger partial charge in [-0.1, -0.05) is 39.4 Å². The summed E-state index contributed by atoms with van der Waals surface area (Å²) < 4.78 is 6.29. The van der Waals surface area contributed by atoms with E-state index in [-0.39, 0.29) is 11.3 Å². The van der Waals surface area contributed by atoms with E-state index in [0.29, 0.717) is 33.6 Å². The van der Waals surface area contributed by atoms with Gasteiger partial charge < -0.3 is 9.84 Å². The summed E-state index contributed by atoms with van der Waals surface area (Å²) in [5.74, 6) is -1.13. The Morgan fingerprint density at radius 2 is 1.81 bits per heavy atom. The van der Waals surface area contributed by atoms with Crippen molar-refractivity contribution in [1.82, 2.24) is 10.2 Å². The highest BCUT2D eigenvalue weighted by Gasteiger charge is 2.48. The molecule has 7 nitrogen and oxygen atoms in total. The number of hydrogen-bond donors (Lipinski definition) is 1. The molecular weight excluding hydrogens is 482 g/mol. The van der Waals surface area contributed by atoms with E-state index in [2.05, 4.69) is 26.1 Å². The number of halogens is 1. The summed E-state index contributed by atoms with van der Waals surface area (Å²) in [7, 11) is 0. The Kier molecular flexibility index (Phi) is 5.88. The maximum absolute atomic E-state index is 13.0. The Hall–Kier alpha value is -3.04. The van der Waals surface area contributed by atoms with Gasteiger partial charge in [0.05, 0.1) is 18.2 Å². The summed E-state index contributed by atoms with van der Waals surface area (Å²) in [6.45, 7) is 4.16. The molecule has 1 unspecified atom stereocenters. The van der Waals surface area contributed by atoms with Crippen LogP contribution in [0.2, 0.25) is 0 Å². The summed E-state index contributed by atoms with van der Waals surface area (Å²) in [5, 5.41) is 20.1. The van der Waals surface area contributed by atoms with Crippen LogP contribution in [0, 0.1) is 6.92 Å². The van der Waals surface area contributed by atoms with Crippen molar-refractivity contribution in [3.05, 3.63) is 74.7 Å². The molecule has 1 aliphatic heterocycles. The molecule has 31 heavy (non-hydrogen) atoms. The predicted octanol–water partition coefficient (Wildman–Crippen LogP) is 4.63. The highest BCUT2D eigenvalue weighted by Crippen LogP contribution is 2.43. The molecule has 1 aliphatic rings. The lowest BCUT2D eigenvalue weighted by atomic mass is 9.95. The molecule has 0 radical (unpaired) electrons. The standard InChI is InChI=1S/C22H18BrN3O4S/c1-3-30-16-10-6-14(7-11-16)19(27)17-18(13-4-8-15(23)9-5-13)26(21(29)20(17)28)22-25-24-12(2)31-22/h4-11,18,27H,3H2,1-2H3. The third-order valence-corrected chi connectivity index (χ3v) is 6.16. The fraction of sp³-hybridized carbons (Fsp3) is 0.182. The van der Waals surface area contributed by atoms with Crippen LogP contribution in [-0.2, 0) is 9.59 Å². The summed E-state index contributed by atoms with van der Waals surface area (Å²) in [4.78, 5) is 27.3. The zero-order valence-electron chi connectivity index (χ0n) is 16.7. The van der Waals surface area contributed by atoms with Gasteiger partial charge >= 0.3 is 5.91 Å². The maximum Gasteiger partial charge on any atom is 0.301 e. The van der Waals surface area contributed by atoms with Crippen LogP contribution in [0.5, 0.6) is 5.75 Å². The number of aromatic nitrogens is 2. The number of aliphatic hydroxyl groups excluding tert-OH is 1. The van der Waals surface area contributed by atoms with Crippen molar-refractivity contribution in [3.8, 4) is 5.75 Å². The number of rotatable bonds is 5. The second kappa shape index (κ2) is 8.60. The molecule has 0 spiro atoms. The van der Waals surface area contributed by atoms with Gasteiger partial charge in [-0.05, 0) is 55.8 Å². The molecule has 0 bridgehead atoms. The smallest absolute Gasteiger partial charge is 0.301 e. The average Bonchev–Trinajstić information content (AvgIpc) is 3.30. The molecule has 2 heterocycles. The Bertz CT molecular complexity index is 1170. The zero-order valence-corrected chi connectivity index (χ0v) is 19.1. The van der Waals surface area contributed by atoms with E-state index in [0.717, 1.165) is 4.47 Å². The van der Waals surface area contributed by atoms with Crippen molar-refractivity contribution in [3.63, 3.8) is 0 Å². The number of aryl methyl sites for hydroxylation is 1. The molecule has 4 rings (SSSR count). The summed E-state index contributed by atoms with van der Waals surface area (Å²) in [6, 6.07) is 13.1. The van der Waals surface area contributed by atoms with Gasteiger partial charge in [-0.25, -0.2) is 0 Å². The van der Waals surface area contributed by atoms with Crippen LogP contribution >= 0.6 is 27.3 Å². The lowest BCUT2D eigenvalue weighted by molar-refractivity contribution is -0.132. The number of Topliss-reactive ketones (excluding diaryl/α,β-unsaturated/α-hetero) is 1. The second-order valence-electron chi connectivity index (χ2n) is 6.78. The predicted molar refractivity (Wildman–Crippen MR) is 121 cm³/mol. The third kappa shape index (κ3) is 3.98. The van der Waals surface area contributed by atoms with Crippen LogP contribution in [0.25, 0.3) is 5.76 Å². The Balaban J connectivity index is 1.87. The normalized spacial score (nSPS) is 17.9. The van der Waals surface area contributed by atoms with Crippen LogP contribution in [-0.4, -0.2) is 33.6 Å². The molecule has 0 aliphatic carbocycles. The van der Waals surface area contributed by atoms with Crippen LogP contribution in [0.4, 0.5) is 5.13 Å². The first-order chi connectivity index (χ1) is 14.9. The molecule has 1 amide bonds. The molecule has 1 aromatic heterocycles. The number of ketones is 1. The van der Waals surface area contributed by atoms with E-state index < -0.39 is 17.7 Å². The SMILES string of the molecule is CCOc1ccc(C(O)=C2C(=O)C(=O)N(c3nnc(C)s3)C2c2ccc(Br)cc2)cc1. The number of carbonyl (C=O) groups is 2. The van der Waals surface area contributed by atoms with E-state index >= 15 is 0 Å². The number of benzene rings is 2. The molecule has 1 fully saturated rings. The highest BCUT2D eigenvalue weighted by molar-refractivity contribution is 9.10. The highest BCUT2D eigenvalue weighted by atomic mass is 79.9. The molecular formula is C22H18BrN3O4S. The minimum Gasteiger partial charge on any atom is -0.507 e. The van der Waals surface area contributed by atoms with Crippen molar-refractivity contribution >= 4 is 49.8 Å². The van der Waals surface area contributed by atoms with Crippen LogP contribution in [0.3, 0.4) is 0 Å². The lowest BCUT2D eigenvalue weighted by Crippen LogP contribution is -2.29. The number of anilines is 1. The number of aliphatic hydroxyl groups is 1. The van der Waals surface area contributed by atoms with Gasteiger partial charge in [0.15, 0.2) is 0 Å². The molecule has 1 saturated heterocycles. The number of amides is 1. The summed E-state index contributed by atoms with van der Waals surface area (Å²) in [6.07, 6.45) is 0. The first kappa shape index (κ1) is 21.2. The van der Waals surface area contributed by atoms with Gasteiger partial charge in [-0.15, -0.1) is 10.2 Å². The van der Waals surface area contributed by atoms with E-state index in [1.807, 2.05) is 19.1 Å². The number of carbonyl (C=O) groups excluding carboxylic acids is 2. The van der Waals surface area contributed by atoms with Crippen molar-refractivity contribution in [2.24, 2.45) is 0 Å². The monoisotopic (exact) mass is 499 g/mol. The molecule has 158 valence electrons. The number of ether oxygens (including phenoxy) is 1. The van der Waals surface area contributed by atoms with Gasteiger partial charge in [-0.2, -0.15) is 0 Å². The number of nitrogens with zero attached hydrogens (tertiary/aromatic N) is 3. The van der Waals surface area contributed by atoms with Crippen molar-refractivity contribution < 1.29 is 19.4 Å².